The number of hydrogen-bond acceptors (Lipinski definition) is 3. The first-order chi connectivity index (χ1) is 16.5. The molecule has 5 heteroatoms. The Hall–Kier alpha value is -2.30. The summed E-state index contributed by atoms with van der Waals surface area (Å²) < 4.78 is 5.24. The van der Waals surface area contributed by atoms with E-state index in [0.717, 1.165) is 25.7 Å². The molecule has 1 amide bonds. The SMILES string of the molecule is CCCC(CCC(CC)Cc1cc(-c2ccccc2)cs1)CNC(=O)c1ccc(Cl)c(OC)c1. The van der Waals surface area contributed by atoms with E-state index in [1.54, 1.807) is 25.3 Å². The van der Waals surface area contributed by atoms with Crippen LogP contribution in [0.2, 0.25) is 5.02 Å². The highest BCUT2D eigenvalue weighted by Crippen LogP contribution is 2.30. The zero-order valence-electron chi connectivity index (χ0n) is 20.5. The van der Waals surface area contributed by atoms with Crippen LogP contribution in [0.4, 0.5) is 0 Å². The molecule has 2 atom stereocenters. The zero-order valence-corrected chi connectivity index (χ0v) is 22.1. The lowest BCUT2D eigenvalue weighted by molar-refractivity contribution is 0.0944. The molecule has 1 heterocycles. The van der Waals surface area contributed by atoms with Crippen LogP contribution in [0.15, 0.2) is 60.0 Å². The molecular weight excluding hydrogens is 462 g/mol. The Bertz CT molecular complexity index is 1030. The molecule has 3 rings (SSSR count). The van der Waals surface area contributed by atoms with E-state index >= 15 is 0 Å². The molecule has 0 aliphatic rings. The van der Waals surface area contributed by atoms with Gasteiger partial charge in [0.05, 0.1) is 12.1 Å². The van der Waals surface area contributed by atoms with Crippen LogP contribution in [0.3, 0.4) is 0 Å². The monoisotopic (exact) mass is 497 g/mol. The van der Waals surface area contributed by atoms with Gasteiger partial charge in [0.1, 0.15) is 5.75 Å². The molecule has 0 bridgehead atoms. The van der Waals surface area contributed by atoms with Crippen LogP contribution < -0.4 is 10.1 Å². The first-order valence-electron chi connectivity index (χ1n) is 12.3. The molecule has 0 spiro atoms. The number of benzene rings is 2. The number of amides is 1. The van der Waals surface area contributed by atoms with Crippen LogP contribution in [-0.4, -0.2) is 19.6 Å². The molecule has 34 heavy (non-hydrogen) atoms. The third-order valence-corrected chi connectivity index (χ3v) is 7.74. The second-order valence-corrected chi connectivity index (χ2v) is 10.3. The first kappa shape index (κ1) is 26.3. The predicted molar refractivity (Wildman–Crippen MR) is 145 cm³/mol. The summed E-state index contributed by atoms with van der Waals surface area (Å²) in [5.41, 5.74) is 3.19. The van der Waals surface area contributed by atoms with Crippen molar-refractivity contribution in [3.8, 4) is 16.9 Å². The molecule has 0 aliphatic carbocycles. The van der Waals surface area contributed by atoms with Crippen LogP contribution in [0, 0.1) is 11.8 Å². The first-order valence-corrected chi connectivity index (χ1v) is 13.5. The average molecular weight is 498 g/mol. The lowest BCUT2D eigenvalue weighted by atomic mass is 9.89. The highest BCUT2D eigenvalue weighted by atomic mass is 35.5. The number of halogens is 1. The Morgan fingerprint density at radius 1 is 1.00 bits per heavy atom. The molecule has 3 nitrogen and oxygen atoms in total. The van der Waals surface area contributed by atoms with Gasteiger partial charge >= 0.3 is 0 Å². The number of nitrogens with one attached hydrogen (secondary N) is 1. The Morgan fingerprint density at radius 3 is 2.47 bits per heavy atom. The van der Waals surface area contributed by atoms with E-state index in [2.05, 4.69) is 60.9 Å². The molecular formula is C29H36ClNO2S. The minimum absolute atomic E-state index is 0.0739. The van der Waals surface area contributed by atoms with Gasteiger partial charge in [0.15, 0.2) is 0 Å². The van der Waals surface area contributed by atoms with E-state index in [-0.39, 0.29) is 5.91 Å². The van der Waals surface area contributed by atoms with Gasteiger partial charge in [-0.15, -0.1) is 11.3 Å². The summed E-state index contributed by atoms with van der Waals surface area (Å²) in [5.74, 6) is 1.60. The van der Waals surface area contributed by atoms with Crippen LogP contribution in [-0.2, 0) is 6.42 Å². The molecule has 2 aromatic carbocycles. The van der Waals surface area contributed by atoms with Gasteiger partial charge in [0.25, 0.3) is 5.91 Å². The largest absolute Gasteiger partial charge is 0.495 e. The Kier molecular flexibility index (Phi) is 10.5. The Balaban J connectivity index is 1.52. The molecule has 2 unspecified atom stereocenters. The number of rotatable bonds is 13. The zero-order chi connectivity index (χ0) is 24.3. The molecule has 3 aromatic rings. The van der Waals surface area contributed by atoms with Crippen molar-refractivity contribution in [3.63, 3.8) is 0 Å². The highest BCUT2D eigenvalue weighted by Gasteiger charge is 2.16. The van der Waals surface area contributed by atoms with Gasteiger partial charge in [-0.1, -0.05) is 68.6 Å². The summed E-state index contributed by atoms with van der Waals surface area (Å²) in [4.78, 5) is 14.1. The smallest absolute Gasteiger partial charge is 0.251 e. The average Bonchev–Trinajstić information content (AvgIpc) is 3.34. The summed E-state index contributed by atoms with van der Waals surface area (Å²) >= 11 is 7.96. The van der Waals surface area contributed by atoms with Gasteiger partial charge in [-0.2, -0.15) is 0 Å². The normalized spacial score (nSPS) is 12.8. The maximum absolute atomic E-state index is 12.7. The molecule has 0 radical (unpaired) electrons. The van der Waals surface area contributed by atoms with E-state index in [1.165, 1.54) is 28.8 Å². The summed E-state index contributed by atoms with van der Waals surface area (Å²) in [6.07, 6.45) is 6.87. The van der Waals surface area contributed by atoms with E-state index in [1.807, 2.05) is 11.3 Å². The van der Waals surface area contributed by atoms with Gasteiger partial charge in [-0.05, 0) is 78.3 Å². The van der Waals surface area contributed by atoms with Gasteiger partial charge in [-0.25, -0.2) is 0 Å². The van der Waals surface area contributed by atoms with E-state index < -0.39 is 0 Å². The lowest BCUT2D eigenvalue weighted by Crippen LogP contribution is -2.29. The van der Waals surface area contributed by atoms with Crippen LogP contribution in [0.1, 0.15) is 61.2 Å². The number of hydrogen-bond donors (Lipinski definition) is 1. The van der Waals surface area contributed by atoms with E-state index in [4.69, 9.17) is 16.3 Å². The summed E-state index contributed by atoms with van der Waals surface area (Å²) in [6, 6.07) is 18.1. The van der Waals surface area contributed by atoms with E-state index in [0.29, 0.717) is 34.7 Å². The lowest BCUT2D eigenvalue weighted by Gasteiger charge is -2.21. The van der Waals surface area contributed by atoms with Gasteiger partial charge in [0, 0.05) is 17.0 Å². The van der Waals surface area contributed by atoms with Crippen molar-refractivity contribution < 1.29 is 9.53 Å². The van der Waals surface area contributed by atoms with Crippen molar-refractivity contribution in [2.24, 2.45) is 11.8 Å². The summed E-state index contributed by atoms with van der Waals surface area (Å²) in [6.45, 7) is 5.21. The fourth-order valence-corrected chi connectivity index (χ4v) is 5.58. The van der Waals surface area contributed by atoms with Crippen molar-refractivity contribution in [3.05, 3.63) is 75.4 Å². The number of thiophene rings is 1. The molecule has 1 N–H and O–H groups in total. The molecule has 0 saturated carbocycles. The summed E-state index contributed by atoms with van der Waals surface area (Å²) in [5, 5.41) is 5.92. The maximum atomic E-state index is 12.7. The Labute approximate surface area is 213 Å². The van der Waals surface area contributed by atoms with E-state index in [9.17, 15) is 4.79 Å². The van der Waals surface area contributed by atoms with Crippen molar-refractivity contribution in [2.75, 3.05) is 13.7 Å². The quantitative estimate of drug-likeness (QED) is 0.258. The van der Waals surface area contributed by atoms with Crippen molar-refractivity contribution >= 4 is 28.8 Å². The highest BCUT2D eigenvalue weighted by molar-refractivity contribution is 7.10. The minimum atomic E-state index is -0.0739. The second kappa shape index (κ2) is 13.6. The molecule has 0 saturated heterocycles. The number of methoxy groups -OCH3 is 1. The van der Waals surface area contributed by atoms with Crippen molar-refractivity contribution in [1.29, 1.82) is 0 Å². The standard InChI is InChI=1S/C29H36ClNO2S/c1-4-9-22(19-31-29(32)24-14-15-27(30)28(18-24)33-3)13-12-21(5-2)16-26-17-25(20-34-26)23-10-7-6-8-11-23/h6-8,10-11,14-15,17-18,20-22H,4-5,9,12-13,16,19H2,1-3H3,(H,31,32). The predicted octanol–water partition coefficient (Wildman–Crippen LogP) is 8.27. The van der Waals surface area contributed by atoms with Crippen molar-refractivity contribution in [1.82, 2.24) is 5.32 Å². The fourth-order valence-electron chi connectivity index (χ4n) is 4.37. The minimum Gasteiger partial charge on any atom is -0.495 e. The van der Waals surface area contributed by atoms with Crippen LogP contribution in [0.5, 0.6) is 5.75 Å². The van der Waals surface area contributed by atoms with Gasteiger partial charge in [0.2, 0.25) is 0 Å². The third-order valence-electron chi connectivity index (χ3n) is 6.47. The molecule has 1 aromatic heterocycles. The second-order valence-electron chi connectivity index (χ2n) is 8.94. The molecule has 0 aliphatic heterocycles. The maximum Gasteiger partial charge on any atom is 0.251 e. The number of carbonyl (C=O) groups is 1. The van der Waals surface area contributed by atoms with Crippen LogP contribution in [0.25, 0.3) is 11.1 Å². The van der Waals surface area contributed by atoms with Crippen LogP contribution >= 0.6 is 22.9 Å². The molecule has 182 valence electrons. The third kappa shape index (κ3) is 7.61. The van der Waals surface area contributed by atoms with Crippen molar-refractivity contribution in [2.45, 2.75) is 52.4 Å². The number of carbonyl (C=O) groups excluding carboxylic acids is 1. The van der Waals surface area contributed by atoms with Gasteiger partial charge < -0.3 is 10.1 Å². The number of ether oxygens (including phenoxy) is 1. The molecule has 0 fully saturated rings. The summed E-state index contributed by atoms with van der Waals surface area (Å²) in [7, 11) is 1.56. The van der Waals surface area contributed by atoms with Gasteiger partial charge in [-0.3, -0.25) is 4.79 Å². The Morgan fingerprint density at radius 2 is 1.76 bits per heavy atom. The fraction of sp³-hybridized carbons (Fsp3) is 0.414. The topological polar surface area (TPSA) is 38.3 Å².